The second-order valence-electron chi connectivity index (χ2n) is 16.0. The molecule has 0 amide bonds. The number of likely N-dealkylation sites (N-methyl/N-ethyl adjacent to an activating group) is 1. The zero-order chi connectivity index (χ0) is 46.6. The summed E-state index contributed by atoms with van der Waals surface area (Å²) in [7, 11) is 1.69. The van der Waals surface area contributed by atoms with E-state index in [1.807, 2.05) is 24.3 Å². The number of hydrogen-bond acceptors (Lipinski definition) is 12. The molecular weight excluding hydrogens is 879 g/mol. The third kappa shape index (κ3) is 14.9. The number of ether oxygens (including phenoxy) is 7. The molecule has 7 rings (SSSR count). The molecule has 0 bridgehead atoms. The molecule has 0 spiro atoms. The molecule has 0 saturated carbocycles. The van der Waals surface area contributed by atoms with E-state index in [0.29, 0.717) is 79.2 Å². The van der Waals surface area contributed by atoms with Crippen LogP contribution >= 0.6 is 22.7 Å². The van der Waals surface area contributed by atoms with E-state index in [4.69, 9.17) is 38.2 Å². The minimum atomic E-state index is 0.376. The van der Waals surface area contributed by atoms with Gasteiger partial charge in [-0.05, 0) is 115 Å². The molecule has 67 heavy (non-hydrogen) atoms. The Bertz CT molecular complexity index is 2530. The minimum absolute atomic E-state index is 0.376. The summed E-state index contributed by atoms with van der Waals surface area (Å²) in [6, 6.07) is 35.8. The molecule has 12 heteroatoms. The number of thiophene rings is 2. The van der Waals surface area contributed by atoms with Gasteiger partial charge in [-0.2, -0.15) is 0 Å². The van der Waals surface area contributed by atoms with Gasteiger partial charge in [-0.15, -0.1) is 22.7 Å². The van der Waals surface area contributed by atoms with E-state index in [1.54, 1.807) is 36.0 Å². The van der Waals surface area contributed by atoms with Crippen LogP contribution in [0, 0.1) is 13.8 Å². The zero-order valence-electron chi connectivity index (χ0n) is 39.2. The summed E-state index contributed by atoms with van der Waals surface area (Å²) in [6.07, 6.45) is 7.94. The van der Waals surface area contributed by atoms with Crippen molar-refractivity contribution in [2.75, 3.05) is 95.9 Å². The number of aliphatic imine (C=N–C) groups is 1. The molecule has 0 fully saturated rings. The molecule has 1 aliphatic rings. The van der Waals surface area contributed by atoms with Crippen LogP contribution in [-0.2, 0) is 32.2 Å². The highest BCUT2D eigenvalue weighted by Gasteiger charge is 2.17. The molecule has 352 valence electrons. The Morgan fingerprint density at radius 1 is 0.687 bits per heavy atom. The van der Waals surface area contributed by atoms with Crippen molar-refractivity contribution in [3.05, 3.63) is 147 Å². The summed E-state index contributed by atoms with van der Waals surface area (Å²) in [5.41, 5.74) is 8.25. The lowest BCUT2D eigenvalue weighted by Gasteiger charge is -2.29. The lowest BCUT2D eigenvalue weighted by atomic mass is 10.1. The standard InChI is InChI=1S/C55H63N3O7S2/c1-6-43-10-12-45(13-11-43)39-62-40-47-18-23-55(67-47)54-22-17-46(66-54)16-14-44-15-21-50(53(38-44)65-35-32-59-5)58-26-30-63-51-36-41(3)8-19-48(51)56-24-28-60-33-34-61-29-25-57(7-2)49-20-9-42(4)37-52(49)64-31-27-58/h6,8-24,36-38H,1,7,25-35,39-40H2,2-5H3/b16-14+,56-24?. The monoisotopic (exact) mass is 941 g/mol. The smallest absolute Gasteiger partial charge is 0.145 e. The Labute approximate surface area is 404 Å². The largest absolute Gasteiger partial charge is 0.490 e. The number of rotatable bonds is 14. The van der Waals surface area contributed by atoms with E-state index >= 15 is 0 Å². The van der Waals surface area contributed by atoms with Gasteiger partial charge in [0.2, 0.25) is 0 Å². The average molecular weight is 942 g/mol. The minimum Gasteiger partial charge on any atom is -0.490 e. The van der Waals surface area contributed by atoms with Crippen LogP contribution in [0.4, 0.5) is 17.1 Å². The molecule has 0 saturated heterocycles. The van der Waals surface area contributed by atoms with Gasteiger partial charge in [-0.3, -0.25) is 4.99 Å². The van der Waals surface area contributed by atoms with E-state index in [9.17, 15) is 0 Å². The predicted octanol–water partition coefficient (Wildman–Crippen LogP) is 12.2. The van der Waals surface area contributed by atoms with Crippen LogP contribution in [0.5, 0.6) is 17.2 Å². The van der Waals surface area contributed by atoms with Gasteiger partial charge in [0.1, 0.15) is 42.8 Å². The van der Waals surface area contributed by atoms with Gasteiger partial charge in [0.15, 0.2) is 0 Å². The van der Waals surface area contributed by atoms with Gasteiger partial charge in [-0.25, -0.2) is 0 Å². The van der Waals surface area contributed by atoms with E-state index < -0.39 is 0 Å². The fourth-order valence-electron chi connectivity index (χ4n) is 7.45. The normalized spacial score (nSPS) is 14.4. The highest BCUT2D eigenvalue weighted by atomic mass is 32.1. The molecule has 1 aliphatic heterocycles. The van der Waals surface area contributed by atoms with E-state index in [1.165, 1.54) is 14.6 Å². The first-order valence-corrected chi connectivity index (χ1v) is 24.6. The van der Waals surface area contributed by atoms with Crippen LogP contribution in [0.2, 0.25) is 0 Å². The van der Waals surface area contributed by atoms with Crippen molar-refractivity contribution in [1.29, 1.82) is 0 Å². The van der Waals surface area contributed by atoms with Crippen LogP contribution in [-0.4, -0.2) is 92.4 Å². The maximum atomic E-state index is 6.67. The van der Waals surface area contributed by atoms with Crippen molar-refractivity contribution in [3.8, 4) is 27.0 Å². The lowest BCUT2D eigenvalue weighted by molar-refractivity contribution is 0.0657. The number of hydrogen-bond donors (Lipinski definition) is 0. The van der Waals surface area contributed by atoms with E-state index in [0.717, 1.165) is 80.1 Å². The second-order valence-corrected chi connectivity index (χ2v) is 18.3. The molecule has 2 aromatic heterocycles. The van der Waals surface area contributed by atoms with Gasteiger partial charge in [-0.1, -0.05) is 61.2 Å². The van der Waals surface area contributed by atoms with Crippen molar-refractivity contribution in [2.24, 2.45) is 4.99 Å². The van der Waals surface area contributed by atoms with Crippen molar-refractivity contribution >= 4 is 64.2 Å². The summed E-state index contributed by atoms with van der Waals surface area (Å²) in [6.45, 7) is 17.6. The molecule has 10 nitrogen and oxygen atoms in total. The zero-order valence-corrected chi connectivity index (χ0v) is 40.9. The van der Waals surface area contributed by atoms with Crippen LogP contribution in [0.15, 0.2) is 115 Å². The maximum Gasteiger partial charge on any atom is 0.145 e. The number of fused-ring (bicyclic) bond motifs is 2. The Hall–Kier alpha value is -5.73. The molecule has 0 atom stereocenters. The van der Waals surface area contributed by atoms with Crippen molar-refractivity contribution in [2.45, 2.75) is 34.0 Å². The molecule has 0 N–H and O–H groups in total. The summed E-state index contributed by atoms with van der Waals surface area (Å²) in [4.78, 5) is 14.1. The Morgan fingerprint density at radius 3 is 2.22 bits per heavy atom. The van der Waals surface area contributed by atoms with E-state index in [-0.39, 0.29) is 0 Å². The fourth-order valence-corrected chi connectivity index (χ4v) is 9.39. The van der Waals surface area contributed by atoms with Gasteiger partial charge in [0.05, 0.1) is 70.7 Å². The summed E-state index contributed by atoms with van der Waals surface area (Å²) in [5, 5.41) is 0. The molecular formula is C55H63N3O7S2. The van der Waals surface area contributed by atoms with Crippen molar-refractivity contribution in [1.82, 2.24) is 0 Å². The highest BCUT2D eigenvalue weighted by Crippen LogP contribution is 2.36. The summed E-state index contributed by atoms with van der Waals surface area (Å²) in [5.74, 6) is 2.32. The quantitative estimate of drug-likeness (QED) is 0.0992. The Kier molecular flexibility index (Phi) is 19.1. The lowest BCUT2D eigenvalue weighted by Crippen LogP contribution is -2.33. The fraction of sp³-hybridized carbons (Fsp3) is 0.327. The number of aryl methyl sites for hydroxylation is 2. The van der Waals surface area contributed by atoms with Crippen LogP contribution in [0.1, 0.15) is 44.5 Å². The molecule has 0 radical (unpaired) electrons. The summed E-state index contributed by atoms with van der Waals surface area (Å²) < 4.78 is 42.9. The number of methoxy groups -OCH3 is 1. The first-order valence-electron chi connectivity index (χ1n) is 23.0. The number of benzene rings is 4. The van der Waals surface area contributed by atoms with Crippen molar-refractivity contribution in [3.63, 3.8) is 0 Å². The average Bonchev–Trinajstić information content (AvgIpc) is 4.02. The first kappa shape index (κ1) is 49.2. The first-order chi connectivity index (χ1) is 32.9. The van der Waals surface area contributed by atoms with E-state index in [2.05, 4.69) is 134 Å². The van der Waals surface area contributed by atoms with Gasteiger partial charge < -0.3 is 43.0 Å². The molecule has 4 aromatic carbocycles. The topological polar surface area (TPSA) is 83.5 Å². The number of nitrogens with zero attached hydrogens (tertiary/aromatic N) is 3. The van der Waals surface area contributed by atoms with Gasteiger partial charge in [0, 0.05) is 45.9 Å². The Balaban J connectivity index is 1.09. The second kappa shape index (κ2) is 26.0. The molecule has 6 aromatic rings. The number of anilines is 2. The van der Waals surface area contributed by atoms with Crippen LogP contribution < -0.4 is 24.0 Å². The maximum absolute atomic E-state index is 6.67. The Morgan fingerprint density at radius 2 is 1.42 bits per heavy atom. The van der Waals surface area contributed by atoms with Gasteiger partial charge >= 0.3 is 0 Å². The molecule has 0 unspecified atom stereocenters. The summed E-state index contributed by atoms with van der Waals surface area (Å²) >= 11 is 3.55. The predicted molar refractivity (Wildman–Crippen MR) is 279 cm³/mol. The SMILES string of the molecule is C=Cc1ccc(COCc2ccc(-c3ccc(/C=C/c4ccc(N5CCOc6cc(C)ccc6N=CCOCCOCCN(CC)c6ccc(C)cc6OCC5)c(OCCOC)c4)s3)s2)cc1. The third-order valence-corrected chi connectivity index (χ3v) is 13.4. The van der Waals surface area contributed by atoms with Crippen molar-refractivity contribution < 1.29 is 33.2 Å². The highest BCUT2D eigenvalue weighted by molar-refractivity contribution is 7.22. The van der Waals surface area contributed by atoms with Crippen LogP contribution in [0.3, 0.4) is 0 Å². The molecule has 3 heterocycles. The van der Waals surface area contributed by atoms with Crippen LogP contribution in [0.25, 0.3) is 28.0 Å². The molecule has 0 aliphatic carbocycles. The third-order valence-electron chi connectivity index (χ3n) is 11.1. The van der Waals surface area contributed by atoms with Gasteiger partial charge in [0.25, 0.3) is 0 Å².